The Balaban J connectivity index is 1.43. The molecule has 0 amide bonds. The van der Waals surface area contributed by atoms with Crippen molar-refractivity contribution >= 4 is 12.0 Å². The Bertz CT molecular complexity index is 706. The van der Waals surface area contributed by atoms with E-state index in [9.17, 15) is 4.79 Å². The molecule has 3 atom stereocenters. The van der Waals surface area contributed by atoms with Crippen molar-refractivity contribution in [3.63, 3.8) is 0 Å². The molecule has 4 rings (SSSR count). The second kappa shape index (κ2) is 5.27. The Labute approximate surface area is 142 Å². The van der Waals surface area contributed by atoms with E-state index in [1.54, 1.807) is 6.08 Å². The number of hydrogen-bond donors (Lipinski definition) is 0. The molecular weight excluding hydrogens is 304 g/mol. The molecule has 3 aliphatic rings. The molecule has 24 heavy (non-hydrogen) atoms. The Morgan fingerprint density at radius 2 is 2.04 bits per heavy atom. The van der Waals surface area contributed by atoms with Crippen LogP contribution >= 0.6 is 0 Å². The van der Waals surface area contributed by atoms with E-state index in [4.69, 9.17) is 14.2 Å². The maximum atomic E-state index is 12.3. The van der Waals surface area contributed by atoms with Crippen LogP contribution in [0.3, 0.4) is 0 Å². The number of ether oxygens (including phenoxy) is 3. The third-order valence-electron chi connectivity index (χ3n) is 6.78. The second-order valence-electron chi connectivity index (χ2n) is 7.98. The van der Waals surface area contributed by atoms with E-state index in [1.165, 1.54) is 12.5 Å². The standard InChI is InChI=1S/C20H24O4/c1-19(2)14-8-9-20(19,3)17(11-14)24-18(21)7-5-13-4-6-15-16(10-13)23-12-22-15/h4-7,10,14,17H,8-9,11-12H2,1-3H3/b7-5+/t14-,17?,20+/m0/s1. The number of carbonyl (C=O) groups excluding carboxylic acids is 1. The van der Waals surface area contributed by atoms with Crippen molar-refractivity contribution in [1.82, 2.24) is 0 Å². The lowest BCUT2D eigenvalue weighted by atomic mass is 9.70. The van der Waals surface area contributed by atoms with Gasteiger partial charge in [0, 0.05) is 11.5 Å². The maximum Gasteiger partial charge on any atom is 0.331 e. The predicted molar refractivity (Wildman–Crippen MR) is 90.7 cm³/mol. The molecule has 0 spiro atoms. The quantitative estimate of drug-likeness (QED) is 0.616. The topological polar surface area (TPSA) is 44.8 Å². The van der Waals surface area contributed by atoms with Gasteiger partial charge in [0.25, 0.3) is 0 Å². The monoisotopic (exact) mass is 328 g/mol. The van der Waals surface area contributed by atoms with Gasteiger partial charge < -0.3 is 14.2 Å². The number of benzene rings is 1. The fraction of sp³-hybridized carbons (Fsp3) is 0.550. The molecule has 1 aliphatic heterocycles. The Morgan fingerprint density at radius 3 is 2.75 bits per heavy atom. The summed E-state index contributed by atoms with van der Waals surface area (Å²) in [6.07, 6.45) is 6.71. The van der Waals surface area contributed by atoms with Crippen LogP contribution in [-0.4, -0.2) is 18.9 Å². The fourth-order valence-electron chi connectivity index (χ4n) is 4.67. The Morgan fingerprint density at radius 1 is 1.25 bits per heavy atom. The molecule has 2 aliphatic carbocycles. The molecule has 0 aromatic heterocycles. The van der Waals surface area contributed by atoms with Gasteiger partial charge in [0.15, 0.2) is 11.5 Å². The average Bonchev–Trinajstić information content (AvgIpc) is 3.15. The van der Waals surface area contributed by atoms with Crippen LogP contribution in [0.4, 0.5) is 0 Å². The van der Waals surface area contributed by atoms with E-state index in [0.29, 0.717) is 11.7 Å². The molecule has 0 radical (unpaired) electrons. The molecule has 0 N–H and O–H groups in total. The minimum Gasteiger partial charge on any atom is -0.459 e. The van der Waals surface area contributed by atoms with Gasteiger partial charge in [-0.2, -0.15) is 0 Å². The van der Waals surface area contributed by atoms with Crippen LogP contribution in [-0.2, 0) is 9.53 Å². The van der Waals surface area contributed by atoms with Crippen LogP contribution < -0.4 is 9.47 Å². The molecule has 0 saturated heterocycles. The maximum absolute atomic E-state index is 12.3. The van der Waals surface area contributed by atoms with Gasteiger partial charge in [-0.05, 0) is 54.4 Å². The van der Waals surface area contributed by atoms with E-state index in [-0.39, 0.29) is 29.7 Å². The smallest absolute Gasteiger partial charge is 0.331 e. The SMILES string of the molecule is CC1(C)[C@H]2CC[C@]1(C)C(OC(=O)/C=C/c1ccc3c(c1)OCO3)C2. The summed E-state index contributed by atoms with van der Waals surface area (Å²) >= 11 is 0. The van der Waals surface area contributed by atoms with Crippen molar-refractivity contribution in [2.45, 2.75) is 46.1 Å². The van der Waals surface area contributed by atoms with Crippen LogP contribution in [0.5, 0.6) is 11.5 Å². The number of fused-ring (bicyclic) bond motifs is 3. The van der Waals surface area contributed by atoms with Crippen LogP contribution in [0.1, 0.15) is 45.6 Å². The third-order valence-corrected chi connectivity index (χ3v) is 6.78. The summed E-state index contributed by atoms with van der Waals surface area (Å²) in [5, 5.41) is 0. The van der Waals surface area contributed by atoms with Crippen molar-refractivity contribution < 1.29 is 19.0 Å². The highest BCUT2D eigenvalue weighted by Gasteiger charge is 2.62. The van der Waals surface area contributed by atoms with Crippen molar-refractivity contribution in [1.29, 1.82) is 0 Å². The lowest BCUT2D eigenvalue weighted by Gasteiger charge is -2.38. The van der Waals surface area contributed by atoms with E-state index in [0.717, 1.165) is 24.2 Å². The number of rotatable bonds is 3. The molecule has 2 saturated carbocycles. The number of esters is 1. The molecule has 2 fully saturated rings. The first-order valence-electron chi connectivity index (χ1n) is 8.68. The average molecular weight is 328 g/mol. The van der Waals surface area contributed by atoms with Crippen LogP contribution in [0.25, 0.3) is 6.08 Å². The Hall–Kier alpha value is -1.97. The van der Waals surface area contributed by atoms with Gasteiger partial charge in [0.2, 0.25) is 6.79 Å². The summed E-state index contributed by atoms with van der Waals surface area (Å²) < 4.78 is 16.5. The van der Waals surface area contributed by atoms with E-state index in [2.05, 4.69) is 20.8 Å². The third kappa shape index (κ3) is 2.23. The van der Waals surface area contributed by atoms with Gasteiger partial charge in [0.05, 0.1) is 0 Å². The number of hydrogen-bond acceptors (Lipinski definition) is 4. The first kappa shape index (κ1) is 15.6. The number of carbonyl (C=O) groups is 1. The normalized spacial score (nSPS) is 32.5. The summed E-state index contributed by atoms with van der Waals surface area (Å²) in [6.45, 7) is 7.17. The molecule has 1 aromatic rings. The molecule has 4 nitrogen and oxygen atoms in total. The van der Waals surface area contributed by atoms with Crippen molar-refractivity contribution in [2.75, 3.05) is 6.79 Å². The van der Waals surface area contributed by atoms with Crippen molar-refractivity contribution in [2.24, 2.45) is 16.7 Å². The zero-order chi connectivity index (χ0) is 16.9. The van der Waals surface area contributed by atoms with Gasteiger partial charge in [-0.1, -0.05) is 26.8 Å². The fourth-order valence-corrected chi connectivity index (χ4v) is 4.67. The summed E-state index contributed by atoms with van der Waals surface area (Å²) in [6, 6.07) is 5.63. The summed E-state index contributed by atoms with van der Waals surface area (Å²) in [5.74, 6) is 1.86. The summed E-state index contributed by atoms with van der Waals surface area (Å²) in [4.78, 5) is 12.3. The lowest BCUT2D eigenvalue weighted by molar-refractivity contribution is -0.150. The molecule has 1 unspecified atom stereocenters. The van der Waals surface area contributed by atoms with Crippen LogP contribution in [0.15, 0.2) is 24.3 Å². The van der Waals surface area contributed by atoms with Gasteiger partial charge in [0.1, 0.15) is 6.10 Å². The minimum absolute atomic E-state index is 0.0279. The molecule has 1 aromatic carbocycles. The second-order valence-corrected chi connectivity index (χ2v) is 7.98. The zero-order valence-electron chi connectivity index (χ0n) is 14.5. The summed E-state index contributed by atoms with van der Waals surface area (Å²) in [7, 11) is 0. The molecule has 4 heteroatoms. The van der Waals surface area contributed by atoms with Gasteiger partial charge >= 0.3 is 5.97 Å². The van der Waals surface area contributed by atoms with E-state index >= 15 is 0 Å². The zero-order valence-corrected chi connectivity index (χ0v) is 14.5. The largest absolute Gasteiger partial charge is 0.459 e. The first-order valence-corrected chi connectivity index (χ1v) is 8.68. The highest BCUT2D eigenvalue weighted by atomic mass is 16.7. The Kier molecular flexibility index (Phi) is 3.41. The molecular formula is C20H24O4. The molecule has 128 valence electrons. The van der Waals surface area contributed by atoms with Crippen molar-refractivity contribution in [3.05, 3.63) is 29.8 Å². The van der Waals surface area contributed by atoms with Gasteiger partial charge in [-0.15, -0.1) is 0 Å². The molecule has 2 bridgehead atoms. The summed E-state index contributed by atoms with van der Waals surface area (Å²) in [5.41, 5.74) is 1.24. The lowest BCUT2D eigenvalue weighted by Crippen LogP contribution is -2.38. The van der Waals surface area contributed by atoms with Crippen LogP contribution in [0, 0.1) is 16.7 Å². The molecule has 1 heterocycles. The van der Waals surface area contributed by atoms with Crippen LogP contribution in [0.2, 0.25) is 0 Å². The van der Waals surface area contributed by atoms with Gasteiger partial charge in [-0.3, -0.25) is 0 Å². The minimum atomic E-state index is -0.262. The van der Waals surface area contributed by atoms with E-state index in [1.807, 2.05) is 18.2 Å². The van der Waals surface area contributed by atoms with E-state index < -0.39 is 0 Å². The van der Waals surface area contributed by atoms with Crippen molar-refractivity contribution in [3.8, 4) is 11.5 Å². The highest BCUT2D eigenvalue weighted by molar-refractivity contribution is 5.87. The predicted octanol–water partition coefficient (Wildman–Crippen LogP) is 4.19. The van der Waals surface area contributed by atoms with Gasteiger partial charge in [-0.25, -0.2) is 4.79 Å². The first-order chi connectivity index (χ1) is 11.4. The highest BCUT2D eigenvalue weighted by Crippen LogP contribution is 2.66.